The molecule has 1 aromatic heterocycles. The Kier molecular flexibility index (Phi) is 2.82. The van der Waals surface area contributed by atoms with Gasteiger partial charge in [0.1, 0.15) is 0 Å². The van der Waals surface area contributed by atoms with Gasteiger partial charge in [-0.1, -0.05) is 6.07 Å². The zero-order chi connectivity index (χ0) is 14.3. The lowest BCUT2D eigenvalue weighted by atomic mass is 10.2. The number of nitrogens with zero attached hydrogens (tertiary/aromatic N) is 2. The Balaban J connectivity index is 2.26. The van der Waals surface area contributed by atoms with E-state index in [1.165, 1.54) is 13.2 Å². The Morgan fingerprint density at radius 3 is 2.75 bits per heavy atom. The van der Waals surface area contributed by atoms with Crippen LogP contribution >= 0.6 is 0 Å². The number of aryl methyl sites for hydroxylation is 1. The van der Waals surface area contributed by atoms with Gasteiger partial charge in [0.05, 0.1) is 23.8 Å². The molecule has 4 nitrogen and oxygen atoms in total. The molecule has 0 spiro atoms. The molecule has 0 unspecified atom stereocenters. The largest absolute Gasteiger partial charge is 0.494 e. The summed E-state index contributed by atoms with van der Waals surface area (Å²) >= 11 is 0. The van der Waals surface area contributed by atoms with Crippen molar-refractivity contribution in [3.8, 4) is 11.4 Å². The van der Waals surface area contributed by atoms with Crippen molar-refractivity contribution in [1.82, 2.24) is 9.55 Å². The van der Waals surface area contributed by atoms with Crippen LogP contribution in [0.3, 0.4) is 0 Å². The smallest absolute Gasteiger partial charge is 0.205 e. The monoisotopic (exact) mass is 271 g/mol. The van der Waals surface area contributed by atoms with Crippen molar-refractivity contribution in [2.45, 2.75) is 6.92 Å². The summed E-state index contributed by atoms with van der Waals surface area (Å²) in [7, 11) is 1.43. The highest BCUT2D eigenvalue weighted by Crippen LogP contribution is 2.27. The van der Waals surface area contributed by atoms with E-state index in [1.807, 2.05) is 25.1 Å². The van der Waals surface area contributed by atoms with Gasteiger partial charge >= 0.3 is 0 Å². The number of anilines is 1. The fourth-order valence-electron chi connectivity index (χ4n) is 2.27. The van der Waals surface area contributed by atoms with Crippen LogP contribution in [0.5, 0.6) is 5.75 Å². The number of hydrogen-bond acceptors (Lipinski definition) is 3. The molecule has 0 amide bonds. The molecule has 0 saturated carbocycles. The maximum absolute atomic E-state index is 13.5. The predicted molar refractivity (Wildman–Crippen MR) is 76.7 cm³/mol. The second-order valence-corrected chi connectivity index (χ2v) is 4.62. The number of ether oxygens (including phenoxy) is 1. The van der Waals surface area contributed by atoms with E-state index in [0.29, 0.717) is 11.6 Å². The number of aromatic nitrogens is 2. The van der Waals surface area contributed by atoms with Crippen molar-refractivity contribution < 1.29 is 9.13 Å². The van der Waals surface area contributed by atoms with Gasteiger partial charge < -0.3 is 10.5 Å². The number of benzene rings is 2. The normalized spacial score (nSPS) is 10.9. The zero-order valence-corrected chi connectivity index (χ0v) is 11.2. The fourth-order valence-corrected chi connectivity index (χ4v) is 2.27. The van der Waals surface area contributed by atoms with Crippen LogP contribution in [0, 0.1) is 12.7 Å². The van der Waals surface area contributed by atoms with E-state index in [1.54, 1.807) is 16.7 Å². The Labute approximate surface area is 115 Å². The van der Waals surface area contributed by atoms with Crippen LogP contribution < -0.4 is 10.5 Å². The highest BCUT2D eigenvalue weighted by Gasteiger charge is 2.12. The summed E-state index contributed by atoms with van der Waals surface area (Å²) in [6, 6.07) is 10.5. The Bertz CT molecular complexity index is 795. The Morgan fingerprint density at radius 1 is 1.20 bits per heavy atom. The number of imidazole rings is 1. The van der Waals surface area contributed by atoms with Crippen LogP contribution in [0.2, 0.25) is 0 Å². The van der Waals surface area contributed by atoms with Gasteiger partial charge in [0, 0.05) is 6.07 Å². The zero-order valence-electron chi connectivity index (χ0n) is 11.2. The molecule has 0 bridgehead atoms. The number of fused-ring (bicyclic) bond motifs is 1. The van der Waals surface area contributed by atoms with Crippen molar-refractivity contribution in [2.75, 3.05) is 12.8 Å². The molecule has 3 aromatic rings. The number of nitrogens with two attached hydrogens (primary N) is 1. The lowest BCUT2D eigenvalue weighted by molar-refractivity contribution is 0.386. The van der Waals surface area contributed by atoms with Crippen LogP contribution in [0.15, 0.2) is 36.4 Å². The Morgan fingerprint density at radius 2 is 2.00 bits per heavy atom. The van der Waals surface area contributed by atoms with Gasteiger partial charge in [0.2, 0.25) is 5.95 Å². The third-order valence-electron chi connectivity index (χ3n) is 3.23. The van der Waals surface area contributed by atoms with Crippen molar-refractivity contribution in [1.29, 1.82) is 0 Å². The van der Waals surface area contributed by atoms with E-state index in [4.69, 9.17) is 10.5 Å². The predicted octanol–water partition coefficient (Wildman–Crippen LogP) is 3.06. The van der Waals surface area contributed by atoms with E-state index in [9.17, 15) is 4.39 Å². The molecule has 0 radical (unpaired) electrons. The summed E-state index contributed by atoms with van der Waals surface area (Å²) in [6.45, 7) is 2.00. The molecule has 102 valence electrons. The van der Waals surface area contributed by atoms with Crippen LogP contribution in [0.25, 0.3) is 16.7 Å². The second kappa shape index (κ2) is 4.52. The maximum atomic E-state index is 13.5. The highest BCUT2D eigenvalue weighted by atomic mass is 19.1. The highest BCUT2D eigenvalue weighted by molar-refractivity contribution is 5.81. The summed E-state index contributed by atoms with van der Waals surface area (Å²) in [5, 5.41) is 0. The second-order valence-electron chi connectivity index (χ2n) is 4.62. The number of nitrogen functional groups attached to an aromatic ring is 1. The molecule has 0 fully saturated rings. The Hall–Kier alpha value is -2.56. The molecule has 20 heavy (non-hydrogen) atoms. The number of halogens is 1. The summed E-state index contributed by atoms with van der Waals surface area (Å²) < 4.78 is 20.3. The molecule has 3 rings (SSSR count). The topological polar surface area (TPSA) is 53.1 Å². The van der Waals surface area contributed by atoms with Gasteiger partial charge in [0.25, 0.3) is 0 Å². The maximum Gasteiger partial charge on any atom is 0.205 e. The first kappa shape index (κ1) is 12.5. The summed E-state index contributed by atoms with van der Waals surface area (Å²) in [4.78, 5) is 4.33. The molecule has 0 atom stereocenters. The molecule has 2 N–H and O–H groups in total. The van der Waals surface area contributed by atoms with Crippen molar-refractivity contribution in [3.05, 3.63) is 47.8 Å². The van der Waals surface area contributed by atoms with Gasteiger partial charge in [-0.15, -0.1) is 0 Å². The first-order valence-corrected chi connectivity index (χ1v) is 6.18. The van der Waals surface area contributed by atoms with E-state index < -0.39 is 5.82 Å². The summed E-state index contributed by atoms with van der Waals surface area (Å²) in [6.07, 6.45) is 0. The van der Waals surface area contributed by atoms with Gasteiger partial charge in [-0.25, -0.2) is 9.37 Å². The van der Waals surface area contributed by atoms with Gasteiger partial charge in [-0.3, -0.25) is 4.57 Å². The SMILES string of the molecule is COc1cc(-n2c(N)nc3cc(C)ccc32)ccc1F. The van der Waals surface area contributed by atoms with Gasteiger partial charge in [0.15, 0.2) is 11.6 Å². The molecule has 0 saturated heterocycles. The molecule has 0 aliphatic rings. The van der Waals surface area contributed by atoms with Crippen LogP contribution in [0.4, 0.5) is 10.3 Å². The van der Waals surface area contributed by atoms with Crippen LogP contribution in [-0.2, 0) is 0 Å². The van der Waals surface area contributed by atoms with Gasteiger partial charge in [-0.05, 0) is 36.8 Å². The lowest BCUT2D eigenvalue weighted by Crippen LogP contribution is -2.01. The van der Waals surface area contributed by atoms with E-state index in [-0.39, 0.29) is 5.75 Å². The molecular formula is C15H14FN3O. The molecule has 0 aliphatic heterocycles. The van der Waals surface area contributed by atoms with Crippen molar-refractivity contribution >= 4 is 17.0 Å². The average molecular weight is 271 g/mol. The first-order chi connectivity index (χ1) is 9.60. The minimum absolute atomic E-state index is 0.177. The molecule has 2 aromatic carbocycles. The summed E-state index contributed by atoms with van der Waals surface area (Å²) in [5.74, 6) is 0.130. The average Bonchev–Trinajstić information content (AvgIpc) is 2.74. The van der Waals surface area contributed by atoms with Crippen molar-refractivity contribution in [3.63, 3.8) is 0 Å². The minimum atomic E-state index is -0.407. The standard InChI is InChI=1S/C15H14FN3O/c1-9-3-6-13-12(7-9)18-15(17)19(13)10-4-5-11(16)14(8-10)20-2/h3-8H,1-2H3,(H2,17,18). The molecular weight excluding hydrogens is 257 g/mol. The first-order valence-electron chi connectivity index (χ1n) is 6.18. The van der Waals surface area contributed by atoms with E-state index in [2.05, 4.69) is 4.98 Å². The minimum Gasteiger partial charge on any atom is -0.494 e. The third-order valence-corrected chi connectivity index (χ3v) is 3.23. The quantitative estimate of drug-likeness (QED) is 0.779. The van der Waals surface area contributed by atoms with Gasteiger partial charge in [-0.2, -0.15) is 0 Å². The van der Waals surface area contributed by atoms with Crippen molar-refractivity contribution in [2.24, 2.45) is 0 Å². The summed E-state index contributed by atoms with van der Waals surface area (Å²) in [5.41, 5.74) is 9.49. The molecule has 5 heteroatoms. The van der Waals surface area contributed by atoms with Crippen LogP contribution in [-0.4, -0.2) is 16.7 Å². The number of rotatable bonds is 2. The van der Waals surface area contributed by atoms with E-state index >= 15 is 0 Å². The lowest BCUT2D eigenvalue weighted by Gasteiger charge is -2.09. The van der Waals surface area contributed by atoms with E-state index in [0.717, 1.165) is 16.6 Å². The number of hydrogen-bond donors (Lipinski definition) is 1. The fraction of sp³-hybridized carbons (Fsp3) is 0.133. The number of methoxy groups -OCH3 is 1. The molecule has 1 heterocycles. The third kappa shape index (κ3) is 1.87. The van der Waals surface area contributed by atoms with Crippen LogP contribution in [0.1, 0.15) is 5.56 Å². The molecule has 0 aliphatic carbocycles.